The minimum absolute atomic E-state index is 0.0364. The lowest BCUT2D eigenvalue weighted by Gasteiger charge is -2.46. The standard InChI is InChI=1S/C33H45NOSi/c1-8-15-27(24-32-26(4)20-21-30(25(2)3)31(32)22-23-34)35-36(33(5,6)7,28-16-11-9-12-17-28)29-18-13-10-14-19-29/h8-14,16-20,25,27,30-32H,1,15,21-22,24H2,2-7H3/t27-,30-,31+,32+/m0/s1. The van der Waals surface area contributed by atoms with Gasteiger partial charge in [0, 0.05) is 12.5 Å². The van der Waals surface area contributed by atoms with Gasteiger partial charge in [0.2, 0.25) is 0 Å². The zero-order valence-corrected chi connectivity index (χ0v) is 24.2. The van der Waals surface area contributed by atoms with Gasteiger partial charge in [0.1, 0.15) is 0 Å². The summed E-state index contributed by atoms with van der Waals surface area (Å²) in [6.45, 7) is 18.0. The highest BCUT2D eigenvalue weighted by atomic mass is 28.4. The fourth-order valence-electron chi connectivity index (χ4n) is 6.41. The van der Waals surface area contributed by atoms with Crippen molar-refractivity contribution in [2.45, 2.75) is 78.4 Å². The van der Waals surface area contributed by atoms with E-state index in [0.717, 1.165) is 19.3 Å². The molecule has 4 atom stereocenters. The Hall–Kier alpha value is -2.41. The Morgan fingerprint density at radius 2 is 1.61 bits per heavy atom. The van der Waals surface area contributed by atoms with Gasteiger partial charge in [-0.05, 0) is 65.3 Å². The first-order valence-electron chi connectivity index (χ1n) is 13.6. The van der Waals surface area contributed by atoms with E-state index >= 15 is 0 Å². The van der Waals surface area contributed by atoms with Crippen LogP contribution in [0, 0.1) is 35.0 Å². The lowest BCUT2D eigenvalue weighted by Crippen LogP contribution is -2.67. The molecule has 36 heavy (non-hydrogen) atoms. The van der Waals surface area contributed by atoms with Gasteiger partial charge >= 0.3 is 0 Å². The Bertz CT molecular complexity index is 1010. The summed E-state index contributed by atoms with van der Waals surface area (Å²) in [6.07, 6.45) is 7.90. The van der Waals surface area contributed by atoms with E-state index in [9.17, 15) is 5.26 Å². The molecule has 0 fully saturated rings. The smallest absolute Gasteiger partial charge is 0.261 e. The molecule has 2 nitrogen and oxygen atoms in total. The lowest BCUT2D eigenvalue weighted by molar-refractivity contribution is 0.114. The minimum Gasteiger partial charge on any atom is -0.404 e. The Morgan fingerprint density at radius 1 is 1.06 bits per heavy atom. The molecule has 2 aromatic rings. The highest BCUT2D eigenvalue weighted by Gasteiger charge is 2.51. The maximum atomic E-state index is 9.74. The van der Waals surface area contributed by atoms with E-state index in [1.165, 1.54) is 15.9 Å². The second kappa shape index (κ2) is 12.2. The minimum atomic E-state index is -2.67. The summed E-state index contributed by atoms with van der Waals surface area (Å²) in [7, 11) is -2.67. The molecule has 1 aliphatic rings. The second-order valence-electron chi connectivity index (χ2n) is 11.9. The van der Waals surface area contributed by atoms with Crippen molar-refractivity contribution in [2.24, 2.45) is 23.7 Å². The molecule has 0 saturated carbocycles. The van der Waals surface area contributed by atoms with Gasteiger partial charge in [0.15, 0.2) is 0 Å². The summed E-state index contributed by atoms with van der Waals surface area (Å²) < 4.78 is 7.55. The van der Waals surface area contributed by atoms with Crippen LogP contribution in [-0.4, -0.2) is 14.4 Å². The summed E-state index contributed by atoms with van der Waals surface area (Å²) in [6, 6.07) is 24.3. The Kier molecular flexibility index (Phi) is 9.56. The maximum absolute atomic E-state index is 9.74. The largest absolute Gasteiger partial charge is 0.404 e. The van der Waals surface area contributed by atoms with E-state index in [0.29, 0.717) is 30.1 Å². The van der Waals surface area contributed by atoms with Crippen LogP contribution in [0.2, 0.25) is 5.04 Å². The van der Waals surface area contributed by atoms with Crippen LogP contribution in [0.5, 0.6) is 0 Å². The first kappa shape index (κ1) is 28.2. The molecule has 3 rings (SSSR count). The number of allylic oxidation sites excluding steroid dienone is 2. The number of nitrogens with zero attached hydrogens (tertiary/aromatic N) is 1. The molecule has 0 spiro atoms. The van der Waals surface area contributed by atoms with Gasteiger partial charge in [-0.15, -0.1) is 6.58 Å². The van der Waals surface area contributed by atoms with E-state index in [4.69, 9.17) is 4.43 Å². The first-order chi connectivity index (χ1) is 17.2. The predicted octanol–water partition coefficient (Wildman–Crippen LogP) is 7.67. The molecule has 0 aromatic heterocycles. The van der Waals surface area contributed by atoms with Crippen LogP contribution in [0.15, 0.2) is 85.0 Å². The average molecular weight is 500 g/mol. The topological polar surface area (TPSA) is 33.0 Å². The normalized spacial score (nSPS) is 21.5. The fourth-order valence-corrected chi connectivity index (χ4v) is 11.1. The van der Waals surface area contributed by atoms with Gasteiger partial charge in [-0.25, -0.2) is 0 Å². The molecule has 0 heterocycles. The molecule has 0 radical (unpaired) electrons. The highest BCUT2D eigenvalue weighted by molar-refractivity contribution is 6.99. The third-order valence-electron chi connectivity index (χ3n) is 8.25. The van der Waals surface area contributed by atoms with Gasteiger partial charge in [-0.1, -0.05) is 113 Å². The zero-order chi connectivity index (χ0) is 26.3. The highest BCUT2D eigenvalue weighted by Crippen LogP contribution is 2.45. The van der Waals surface area contributed by atoms with Crippen molar-refractivity contribution in [3.8, 4) is 6.07 Å². The molecule has 0 saturated heterocycles. The molecule has 192 valence electrons. The number of benzene rings is 2. The Morgan fingerprint density at radius 3 is 2.06 bits per heavy atom. The lowest BCUT2D eigenvalue weighted by atomic mass is 9.65. The van der Waals surface area contributed by atoms with Crippen molar-refractivity contribution in [1.29, 1.82) is 5.26 Å². The van der Waals surface area contributed by atoms with Crippen LogP contribution in [0.3, 0.4) is 0 Å². The van der Waals surface area contributed by atoms with Gasteiger partial charge in [0.05, 0.1) is 6.07 Å². The fraction of sp³-hybridized carbons (Fsp3) is 0.485. The third-order valence-corrected chi connectivity index (χ3v) is 13.3. The van der Waals surface area contributed by atoms with Crippen molar-refractivity contribution in [3.05, 3.63) is 85.0 Å². The number of nitriles is 1. The SMILES string of the molecule is C=CC[C@@H](C[C@@H]1C(C)=CC[C@@H](C(C)C)[C@H]1CC#N)O[Si](c1ccccc1)(c1ccccc1)C(C)(C)C. The van der Waals surface area contributed by atoms with Crippen LogP contribution in [0.4, 0.5) is 0 Å². The van der Waals surface area contributed by atoms with E-state index in [2.05, 4.69) is 121 Å². The quantitative estimate of drug-likeness (QED) is 0.248. The molecule has 2 aromatic carbocycles. The molecular weight excluding hydrogens is 454 g/mol. The molecular formula is C33H45NOSi. The van der Waals surface area contributed by atoms with Gasteiger partial charge in [-0.2, -0.15) is 5.26 Å². The van der Waals surface area contributed by atoms with Crippen LogP contribution in [0.25, 0.3) is 0 Å². The van der Waals surface area contributed by atoms with Crippen LogP contribution < -0.4 is 10.4 Å². The molecule has 0 N–H and O–H groups in total. The van der Waals surface area contributed by atoms with Gasteiger partial charge in [0.25, 0.3) is 8.32 Å². The van der Waals surface area contributed by atoms with Crippen molar-refractivity contribution in [3.63, 3.8) is 0 Å². The Labute approximate surface area is 221 Å². The van der Waals surface area contributed by atoms with Crippen molar-refractivity contribution < 1.29 is 4.43 Å². The molecule has 0 aliphatic heterocycles. The molecule has 3 heteroatoms. The summed E-state index contributed by atoms with van der Waals surface area (Å²) in [5, 5.41) is 12.3. The second-order valence-corrected chi connectivity index (χ2v) is 16.1. The van der Waals surface area contributed by atoms with Crippen LogP contribution in [-0.2, 0) is 4.43 Å². The summed E-state index contributed by atoms with van der Waals surface area (Å²) in [5.74, 6) is 1.82. The maximum Gasteiger partial charge on any atom is 0.261 e. The van der Waals surface area contributed by atoms with Crippen LogP contribution in [0.1, 0.15) is 67.2 Å². The Balaban J connectivity index is 2.09. The van der Waals surface area contributed by atoms with E-state index in [-0.39, 0.29) is 11.1 Å². The zero-order valence-electron chi connectivity index (χ0n) is 23.2. The average Bonchev–Trinajstić information content (AvgIpc) is 2.85. The van der Waals surface area contributed by atoms with Crippen molar-refractivity contribution in [2.75, 3.05) is 0 Å². The van der Waals surface area contributed by atoms with E-state index in [1.807, 2.05) is 6.08 Å². The van der Waals surface area contributed by atoms with Crippen molar-refractivity contribution in [1.82, 2.24) is 0 Å². The summed E-state index contributed by atoms with van der Waals surface area (Å²) in [4.78, 5) is 0. The number of hydrogen-bond donors (Lipinski definition) is 0. The molecule has 0 bridgehead atoms. The summed E-state index contributed by atoms with van der Waals surface area (Å²) >= 11 is 0. The van der Waals surface area contributed by atoms with Gasteiger partial charge in [-0.3, -0.25) is 0 Å². The summed E-state index contributed by atoms with van der Waals surface area (Å²) in [5.41, 5.74) is 1.42. The van der Waals surface area contributed by atoms with Gasteiger partial charge < -0.3 is 4.43 Å². The molecule has 0 unspecified atom stereocenters. The number of hydrogen-bond acceptors (Lipinski definition) is 2. The molecule has 1 aliphatic carbocycles. The van der Waals surface area contributed by atoms with E-state index < -0.39 is 8.32 Å². The van der Waals surface area contributed by atoms with Crippen LogP contribution >= 0.6 is 0 Å². The predicted molar refractivity (Wildman–Crippen MR) is 156 cm³/mol. The monoisotopic (exact) mass is 499 g/mol. The van der Waals surface area contributed by atoms with Crippen molar-refractivity contribution >= 4 is 18.7 Å². The van der Waals surface area contributed by atoms with E-state index in [1.54, 1.807) is 0 Å². The first-order valence-corrected chi connectivity index (χ1v) is 15.5. The molecule has 0 amide bonds. The number of rotatable bonds is 10. The third kappa shape index (κ3) is 5.93.